The first-order valence-corrected chi connectivity index (χ1v) is 8.78. The fourth-order valence-electron chi connectivity index (χ4n) is 2.58. The number of hydrogen-bond acceptors (Lipinski definition) is 6. The van der Waals surface area contributed by atoms with Crippen LogP contribution in [0.25, 0.3) is 11.1 Å². The minimum Gasteiger partial charge on any atom is -0.465 e. The lowest BCUT2D eigenvalue weighted by Gasteiger charge is -2.14. The Morgan fingerprint density at radius 2 is 1.26 bits per heavy atom. The lowest BCUT2D eigenvalue weighted by molar-refractivity contribution is -0.161. The maximum Gasteiger partial charge on any atom is 0.320 e. The lowest BCUT2D eigenvalue weighted by Crippen LogP contribution is -2.30. The summed E-state index contributed by atoms with van der Waals surface area (Å²) in [6.45, 7) is 3.52. The molecule has 0 unspecified atom stereocenters. The van der Waals surface area contributed by atoms with Gasteiger partial charge in [0, 0.05) is 17.7 Å². The third-order valence-corrected chi connectivity index (χ3v) is 3.98. The number of rotatable bonds is 8. The highest BCUT2D eigenvalue weighted by molar-refractivity contribution is 6.04. The molecule has 142 valence electrons. The van der Waals surface area contributed by atoms with Crippen molar-refractivity contribution >= 4 is 23.4 Å². The topological polar surface area (TPSA) is 95.7 Å². The first-order chi connectivity index (χ1) is 13.0. The average Bonchev–Trinajstić information content (AvgIpc) is 2.67. The highest BCUT2D eigenvalue weighted by Crippen LogP contribution is 2.22. The Labute approximate surface area is 158 Å². The molecule has 0 amide bonds. The van der Waals surface area contributed by atoms with Crippen LogP contribution in [-0.2, 0) is 19.1 Å². The van der Waals surface area contributed by atoms with E-state index in [1.807, 2.05) is 24.3 Å². The fraction of sp³-hybridized carbons (Fsp3) is 0.286. The van der Waals surface area contributed by atoms with E-state index in [2.05, 4.69) is 0 Å². The van der Waals surface area contributed by atoms with Crippen LogP contribution >= 0.6 is 0 Å². The quantitative estimate of drug-likeness (QED) is 0.332. The molecule has 6 heteroatoms. The fourth-order valence-corrected chi connectivity index (χ4v) is 2.58. The average molecular weight is 369 g/mol. The molecule has 0 atom stereocenters. The van der Waals surface area contributed by atoms with E-state index in [4.69, 9.17) is 15.2 Å². The van der Waals surface area contributed by atoms with Crippen LogP contribution in [0.2, 0.25) is 0 Å². The summed E-state index contributed by atoms with van der Waals surface area (Å²) in [6, 6.07) is 14.3. The van der Waals surface area contributed by atoms with Gasteiger partial charge in [-0.05, 0) is 37.1 Å². The summed E-state index contributed by atoms with van der Waals surface area (Å²) in [4.78, 5) is 36.5. The van der Waals surface area contributed by atoms with E-state index in [9.17, 15) is 14.4 Å². The normalized spacial score (nSPS) is 10.5. The van der Waals surface area contributed by atoms with Crippen LogP contribution in [-0.4, -0.2) is 30.9 Å². The molecule has 0 saturated carbocycles. The molecule has 27 heavy (non-hydrogen) atoms. The largest absolute Gasteiger partial charge is 0.465 e. The van der Waals surface area contributed by atoms with Crippen LogP contribution in [0.15, 0.2) is 48.5 Å². The number of ether oxygens (including phenoxy) is 2. The molecule has 2 aromatic rings. The molecular formula is C21H23NO5. The molecule has 0 aliphatic rings. The monoisotopic (exact) mass is 369 g/mol. The van der Waals surface area contributed by atoms with Gasteiger partial charge in [-0.15, -0.1) is 0 Å². The number of nitrogen functional groups attached to an aromatic ring is 1. The van der Waals surface area contributed by atoms with Gasteiger partial charge in [0.15, 0.2) is 11.7 Å². The molecule has 0 fully saturated rings. The van der Waals surface area contributed by atoms with Gasteiger partial charge in [0.2, 0.25) is 0 Å². The van der Waals surface area contributed by atoms with E-state index >= 15 is 0 Å². The number of nitrogens with two attached hydrogens (primary N) is 1. The third-order valence-electron chi connectivity index (χ3n) is 3.98. The van der Waals surface area contributed by atoms with Crippen LogP contribution in [0.1, 0.15) is 30.6 Å². The van der Waals surface area contributed by atoms with Crippen LogP contribution in [0.3, 0.4) is 0 Å². The molecular weight excluding hydrogens is 346 g/mol. The van der Waals surface area contributed by atoms with Crippen molar-refractivity contribution in [1.82, 2.24) is 0 Å². The molecule has 0 aromatic heterocycles. The van der Waals surface area contributed by atoms with E-state index in [1.54, 1.807) is 38.1 Å². The molecule has 0 spiro atoms. The van der Waals surface area contributed by atoms with E-state index in [0.717, 1.165) is 11.1 Å². The summed E-state index contributed by atoms with van der Waals surface area (Å²) in [5.41, 5.74) is 8.67. The Morgan fingerprint density at radius 3 is 1.70 bits per heavy atom. The second kappa shape index (κ2) is 9.52. The predicted octanol–water partition coefficient (Wildman–Crippen LogP) is 3.25. The smallest absolute Gasteiger partial charge is 0.320 e. The van der Waals surface area contributed by atoms with Gasteiger partial charge < -0.3 is 15.2 Å². The summed E-state index contributed by atoms with van der Waals surface area (Å²) in [6.07, 6.45) is -0.293. The third kappa shape index (κ3) is 5.41. The van der Waals surface area contributed by atoms with Gasteiger partial charge in [-0.25, -0.2) is 0 Å². The standard InChI is InChI=1S/C21H23NO5/c1-3-26-20(24)18(21(25)27-4-2)13-19(23)16-7-5-14(6-8-16)15-9-11-17(22)12-10-15/h5-12,18H,3-4,13,22H2,1-2H3. The molecule has 0 aliphatic carbocycles. The molecule has 2 aromatic carbocycles. The summed E-state index contributed by atoms with van der Waals surface area (Å²) in [5, 5.41) is 0. The number of carbonyl (C=O) groups excluding carboxylic acids is 3. The van der Waals surface area contributed by atoms with Crippen LogP contribution < -0.4 is 5.73 Å². The zero-order chi connectivity index (χ0) is 19.8. The van der Waals surface area contributed by atoms with Crippen molar-refractivity contribution in [3.05, 3.63) is 54.1 Å². The van der Waals surface area contributed by atoms with Gasteiger partial charge in [0.1, 0.15) is 0 Å². The molecule has 0 aliphatic heterocycles. The number of esters is 2. The van der Waals surface area contributed by atoms with Crippen LogP contribution in [0.5, 0.6) is 0 Å². The predicted molar refractivity (Wildman–Crippen MR) is 102 cm³/mol. The SMILES string of the molecule is CCOC(=O)C(CC(=O)c1ccc(-c2ccc(N)cc2)cc1)C(=O)OCC. The molecule has 0 heterocycles. The minimum atomic E-state index is -1.26. The highest BCUT2D eigenvalue weighted by Gasteiger charge is 2.32. The highest BCUT2D eigenvalue weighted by atomic mass is 16.6. The van der Waals surface area contributed by atoms with Crippen molar-refractivity contribution < 1.29 is 23.9 Å². The first kappa shape index (κ1) is 20.2. The van der Waals surface area contributed by atoms with E-state index < -0.39 is 17.9 Å². The van der Waals surface area contributed by atoms with Gasteiger partial charge in [-0.2, -0.15) is 0 Å². The number of Topliss-reactive ketones (excluding diaryl/α,β-unsaturated/α-hetero) is 1. The van der Waals surface area contributed by atoms with E-state index in [-0.39, 0.29) is 25.4 Å². The summed E-state index contributed by atoms with van der Waals surface area (Å²) in [7, 11) is 0. The van der Waals surface area contributed by atoms with Gasteiger partial charge in [-0.3, -0.25) is 14.4 Å². The molecule has 0 saturated heterocycles. The second-order valence-corrected chi connectivity index (χ2v) is 5.88. The maximum absolute atomic E-state index is 12.5. The zero-order valence-electron chi connectivity index (χ0n) is 15.4. The summed E-state index contributed by atoms with van der Waals surface area (Å²) in [5.74, 6) is -3.08. The van der Waals surface area contributed by atoms with E-state index in [1.165, 1.54) is 0 Å². The second-order valence-electron chi connectivity index (χ2n) is 5.88. The van der Waals surface area contributed by atoms with Crippen molar-refractivity contribution in [3.8, 4) is 11.1 Å². The molecule has 0 bridgehead atoms. The number of anilines is 1. The lowest BCUT2D eigenvalue weighted by atomic mass is 9.96. The first-order valence-electron chi connectivity index (χ1n) is 8.78. The molecule has 2 N–H and O–H groups in total. The summed E-state index contributed by atoms with van der Waals surface area (Å²) < 4.78 is 9.79. The van der Waals surface area contributed by atoms with Crippen LogP contribution in [0, 0.1) is 5.92 Å². The van der Waals surface area contributed by atoms with Gasteiger partial charge in [-0.1, -0.05) is 36.4 Å². The van der Waals surface area contributed by atoms with Gasteiger partial charge >= 0.3 is 11.9 Å². The minimum absolute atomic E-state index is 0.124. The Balaban J connectivity index is 2.13. The number of carbonyl (C=O) groups is 3. The molecule has 2 rings (SSSR count). The van der Waals surface area contributed by atoms with Crippen molar-refractivity contribution in [1.29, 1.82) is 0 Å². The van der Waals surface area contributed by atoms with Gasteiger partial charge in [0.25, 0.3) is 0 Å². The Hall–Kier alpha value is -3.15. The number of hydrogen-bond donors (Lipinski definition) is 1. The molecule has 6 nitrogen and oxygen atoms in total. The Bertz CT molecular complexity index is 778. The van der Waals surface area contributed by atoms with Crippen LogP contribution in [0.4, 0.5) is 5.69 Å². The van der Waals surface area contributed by atoms with Crippen molar-refractivity contribution in [2.24, 2.45) is 5.92 Å². The van der Waals surface area contributed by atoms with E-state index in [0.29, 0.717) is 11.3 Å². The van der Waals surface area contributed by atoms with Crippen molar-refractivity contribution in [2.75, 3.05) is 18.9 Å². The summed E-state index contributed by atoms with van der Waals surface area (Å²) >= 11 is 0. The number of ketones is 1. The van der Waals surface area contributed by atoms with Crippen molar-refractivity contribution in [3.63, 3.8) is 0 Å². The van der Waals surface area contributed by atoms with Gasteiger partial charge in [0.05, 0.1) is 13.2 Å². The Morgan fingerprint density at radius 1 is 0.815 bits per heavy atom. The Kier molecular flexibility index (Phi) is 7.11. The van der Waals surface area contributed by atoms with Crippen molar-refractivity contribution in [2.45, 2.75) is 20.3 Å². The number of benzene rings is 2. The zero-order valence-corrected chi connectivity index (χ0v) is 15.4. The molecule has 0 radical (unpaired) electrons. The maximum atomic E-state index is 12.5.